The molecule has 0 spiro atoms. The van der Waals surface area contributed by atoms with Crippen molar-refractivity contribution in [2.45, 2.75) is 70.4 Å². The molecule has 4 nitrogen and oxygen atoms in total. The van der Waals surface area contributed by atoms with Crippen LogP contribution in [0.5, 0.6) is 0 Å². The summed E-state index contributed by atoms with van der Waals surface area (Å²) < 4.78 is 12.3. The van der Waals surface area contributed by atoms with Crippen LogP contribution in [-0.4, -0.2) is 47.0 Å². The number of nitrogens with zero attached hydrogens (tertiary/aromatic N) is 1. The Morgan fingerprint density at radius 1 is 1.04 bits per heavy atom. The standard InChI is InChI=1S/C21H30BNO3/c1-20(2)21(3,4)26-22(25-20)16-7-5-13(6-8-16)11-23-12-15-9-14-10-17(15)18(23)19(14)24/h5-8,14-15,17-19,24H,9-12H2,1-4H3. The average molecular weight is 355 g/mol. The van der Waals surface area contributed by atoms with Crippen molar-refractivity contribution in [3.8, 4) is 0 Å². The lowest BCUT2D eigenvalue weighted by atomic mass is 9.79. The summed E-state index contributed by atoms with van der Waals surface area (Å²) in [6, 6.07) is 9.05. The Bertz CT molecular complexity index is 686. The van der Waals surface area contributed by atoms with E-state index in [0.717, 1.165) is 30.4 Å². The topological polar surface area (TPSA) is 41.9 Å². The molecule has 5 rings (SSSR count). The zero-order valence-corrected chi connectivity index (χ0v) is 16.3. The fourth-order valence-corrected chi connectivity index (χ4v) is 5.71. The number of hydrogen-bond donors (Lipinski definition) is 1. The number of aliphatic hydroxyl groups excluding tert-OH is 1. The van der Waals surface area contributed by atoms with Crippen LogP contribution in [0.2, 0.25) is 0 Å². The van der Waals surface area contributed by atoms with E-state index in [-0.39, 0.29) is 24.4 Å². The van der Waals surface area contributed by atoms with Crippen LogP contribution in [0.4, 0.5) is 0 Å². The highest BCUT2D eigenvalue weighted by molar-refractivity contribution is 6.62. The SMILES string of the molecule is CC1(C)OB(c2ccc(CN3CC4CC5CC4C3C5O)cc2)OC1(C)C. The van der Waals surface area contributed by atoms with Crippen LogP contribution in [-0.2, 0) is 15.9 Å². The van der Waals surface area contributed by atoms with Gasteiger partial charge in [-0.3, -0.25) is 4.90 Å². The van der Waals surface area contributed by atoms with E-state index < -0.39 is 0 Å². The van der Waals surface area contributed by atoms with Gasteiger partial charge in [0, 0.05) is 19.1 Å². The zero-order chi connectivity index (χ0) is 18.3. The van der Waals surface area contributed by atoms with Gasteiger partial charge in [-0.2, -0.15) is 0 Å². The quantitative estimate of drug-likeness (QED) is 0.844. The molecule has 2 aliphatic carbocycles. The predicted octanol–water partition coefficient (Wildman–Crippen LogP) is 2.19. The molecule has 26 heavy (non-hydrogen) atoms. The second kappa shape index (κ2) is 5.57. The lowest BCUT2D eigenvalue weighted by Gasteiger charge is -2.32. The Morgan fingerprint density at radius 2 is 1.69 bits per heavy atom. The third kappa shape index (κ3) is 2.44. The molecule has 2 aliphatic heterocycles. The van der Waals surface area contributed by atoms with Gasteiger partial charge in [-0.25, -0.2) is 0 Å². The normalized spacial score (nSPS) is 39.9. The summed E-state index contributed by atoms with van der Waals surface area (Å²) in [4.78, 5) is 2.52. The maximum Gasteiger partial charge on any atom is 0.494 e. The number of benzene rings is 1. The molecule has 4 fully saturated rings. The van der Waals surface area contributed by atoms with E-state index in [2.05, 4.69) is 56.9 Å². The van der Waals surface area contributed by atoms with Crippen molar-refractivity contribution in [1.82, 2.24) is 4.90 Å². The Labute approximate surface area is 157 Å². The molecule has 5 unspecified atom stereocenters. The van der Waals surface area contributed by atoms with E-state index in [1.165, 1.54) is 18.4 Å². The van der Waals surface area contributed by atoms with Crippen molar-refractivity contribution in [3.05, 3.63) is 29.8 Å². The highest BCUT2D eigenvalue weighted by atomic mass is 16.7. The maximum absolute atomic E-state index is 10.6. The number of hydrogen-bond acceptors (Lipinski definition) is 4. The second-order valence-corrected chi connectivity index (χ2v) is 9.90. The van der Waals surface area contributed by atoms with Crippen molar-refractivity contribution < 1.29 is 14.4 Å². The first kappa shape index (κ1) is 17.2. The van der Waals surface area contributed by atoms with Crippen molar-refractivity contribution in [3.63, 3.8) is 0 Å². The fraction of sp³-hybridized carbons (Fsp3) is 0.714. The van der Waals surface area contributed by atoms with Gasteiger partial charge in [0.15, 0.2) is 0 Å². The molecule has 0 amide bonds. The summed E-state index contributed by atoms with van der Waals surface area (Å²) in [5.74, 6) is 2.11. The third-order valence-electron chi connectivity index (χ3n) is 7.84. The van der Waals surface area contributed by atoms with E-state index in [1.54, 1.807) is 0 Å². The molecule has 2 saturated heterocycles. The zero-order valence-electron chi connectivity index (χ0n) is 16.3. The van der Waals surface area contributed by atoms with Crippen molar-refractivity contribution in [1.29, 1.82) is 0 Å². The minimum atomic E-state index is -0.305. The van der Waals surface area contributed by atoms with Crippen LogP contribution >= 0.6 is 0 Å². The van der Waals surface area contributed by atoms with Crippen LogP contribution < -0.4 is 5.46 Å². The Balaban J connectivity index is 1.28. The largest absolute Gasteiger partial charge is 0.494 e. The van der Waals surface area contributed by atoms with Gasteiger partial charge in [-0.1, -0.05) is 24.3 Å². The second-order valence-electron chi connectivity index (χ2n) is 9.90. The molecule has 1 N–H and O–H groups in total. The van der Waals surface area contributed by atoms with Gasteiger partial charge in [0.05, 0.1) is 17.3 Å². The maximum atomic E-state index is 10.6. The lowest BCUT2D eigenvalue weighted by Crippen LogP contribution is -2.41. The fourth-order valence-electron chi connectivity index (χ4n) is 5.71. The predicted molar refractivity (Wildman–Crippen MR) is 102 cm³/mol. The Kier molecular flexibility index (Phi) is 3.69. The van der Waals surface area contributed by atoms with E-state index in [1.807, 2.05) is 0 Å². The molecule has 2 bridgehead atoms. The van der Waals surface area contributed by atoms with Gasteiger partial charge in [-0.15, -0.1) is 0 Å². The summed E-state index contributed by atoms with van der Waals surface area (Å²) in [6.07, 6.45) is 2.37. The van der Waals surface area contributed by atoms with E-state index in [4.69, 9.17) is 9.31 Å². The Morgan fingerprint density at radius 3 is 2.31 bits per heavy atom. The summed E-state index contributed by atoms with van der Waals surface area (Å²) in [5.41, 5.74) is 1.78. The van der Waals surface area contributed by atoms with Crippen molar-refractivity contribution in [2.75, 3.05) is 6.54 Å². The number of rotatable bonds is 3. The minimum Gasteiger partial charge on any atom is -0.399 e. The molecule has 140 valence electrons. The molecule has 0 radical (unpaired) electrons. The smallest absolute Gasteiger partial charge is 0.399 e. The molecule has 5 heteroatoms. The summed E-state index contributed by atoms with van der Waals surface area (Å²) in [7, 11) is -0.297. The summed E-state index contributed by atoms with van der Waals surface area (Å²) >= 11 is 0. The lowest BCUT2D eigenvalue weighted by molar-refractivity contribution is 0.00578. The van der Waals surface area contributed by atoms with Crippen LogP contribution in [0.1, 0.15) is 46.1 Å². The van der Waals surface area contributed by atoms with Gasteiger partial charge in [0.1, 0.15) is 0 Å². The molecule has 0 aromatic heterocycles. The van der Waals surface area contributed by atoms with Crippen LogP contribution in [0.15, 0.2) is 24.3 Å². The minimum absolute atomic E-state index is 0.109. The van der Waals surface area contributed by atoms with Crippen LogP contribution in [0.25, 0.3) is 0 Å². The summed E-state index contributed by atoms with van der Waals surface area (Å²) in [6.45, 7) is 10.4. The number of likely N-dealkylation sites (tertiary alicyclic amines) is 1. The van der Waals surface area contributed by atoms with Gasteiger partial charge in [0.25, 0.3) is 0 Å². The number of aliphatic hydroxyl groups is 1. The van der Waals surface area contributed by atoms with Crippen LogP contribution in [0, 0.1) is 17.8 Å². The van der Waals surface area contributed by atoms with E-state index in [0.29, 0.717) is 12.0 Å². The van der Waals surface area contributed by atoms with Gasteiger partial charge in [0.2, 0.25) is 0 Å². The van der Waals surface area contributed by atoms with Crippen molar-refractivity contribution >= 4 is 12.6 Å². The molecular weight excluding hydrogens is 325 g/mol. The first-order valence-electron chi connectivity index (χ1n) is 10.1. The van der Waals surface area contributed by atoms with E-state index >= 15 is 0 Å². The van der Waals surface area contributed by atoms with Gasteiger partial charge in [-0.05, 0) is 69.3 Å². The average Bonchev–Trinajstić information content (AvgIpc) is 3.22. The molecule has 1 aromatic carbocycles. The van der Waals surface area contributed by atoms with E-state index in [9.17, 15) is 5.11 Å². The molecule has 2 saturated carbocycles. The summed E-state index contributed by atoms with van der Waals surface area (Å²) in [5, 5.41) is 10.6. The first-order valence-corrected chi connectivity index (χ1v) is 10.1. The van der Waals surface area contributed by atoms with Gasteiger partial charge < -0.3 is 14.4 Å². The molecular formula is C21H30BNO3. The van der Waals surface area contributed by atoms with Crippen LogP contribution in [0.3, 0.4) is 0 Å². The third-order valence-corrected chi connectivity index (χ3v) is 7.84. The molecule has 2 heterocycles. The first-order chi connectivity index (χ1) is 12.2. The highest BCUT2D eigenvalue weighted by Crippen LogP contribution is 2.55. The van der Waals surface area contributed by atoms with Gasteiger partial charge >= 0.3 is 7.12 Å². The molecule has 5 atom stereocenters. The molecule has 4 aliphatic rings. The number of fused-ring (bicyclic) bond motifs is 1. The van der Waals surface area contributed by atoms with Crippen molar-refractivity contribution in [2.24, 2.45) is 17.8 Å². The highest BCUT2D eigenvalue weighted by Gasteiger charge is 2.58. The Hall–Kier alpha value is -0.875. The molecule has 1 aromatic rings. The monoisotopic (exact) mass is 355 g/mol.